The summed E-state index contributed by atoms with van der Waals surface area (Å²) >= 11 is 0. The fourth-order valence-electron chi connectivity index (χ4n) is 3.76. The molecule has 0 spiro atoms. The van der Waals surface area contributed by atoms with E-state index in [1.54, 1.807) is 0 Å². The number of carbonyl (C=O) groups is 1. The summed E-state index contributed by atoms with van der Waals surface area (Å²) in [5.74, 6) is 0.786. The number of ether oxygens (including phenoxy) is 1. The fourth-order valence-corrected chi connectivity index (χ4v) is 3.76. The lowest BCUT2D eigenvalue weighted by Gasteiger charge is -2.35. The van der Waals surface area contributed by atoms with Crippen LogP contribution >= 0.6 is 0 Å². The molecule has 0 aromatic heterocycles. The lowest BCUT2D eigenvalue weighted by molar-refractivity contribution is -0.141. The van der Waals surface area contributed by atoms with E-state index in [9.17, 15) is 4.79 Å². The number of nitrogens with two attached hydrogens (primary N) is 1. The van der Waals surface area contributed by atoms with Crippen LogP contribution in [-0.2, 0) is 9.53 Å². The maximum absolute atomic E-state index is 12.9. The molecule has 122 valence electrons. The second kappa shape index (κ2) is 7.07. The summed E-state index contributed by atoms with van der Waals surface area (Å²) in [4.78, 5) is 17.5. The van der Waals surface area contributed by atoms with Crippen molar-refractivity contribution in [2.45, 2.75) is 39.7 Å². The van der Waals surface area contributed by atoms with E-state index in [-0.39, 0.29) is 11.3 Å². The summed E-state index contributed by atoms with van der Waals surface area (Å²) in [6.07, 6.45) is 1.65. The largest absolute Gasteiger partial charge is 0.379 e. The van der Waals surface area contributed by atoms with Crippen molar-refractivity contribution in [2.75, 3.05) is 45.9 Å². The van der Waals surface area contributed by atoms with E-state index in [1.165, 1.54) is 0 Å². The molecule has 1 amide bonds. The Morgan fingerprint density at radius 3 is 2.38 bits per heavy atom. The molecule has 0 radical (unpaired) electrons. The van der Waals surface area contributed by atoms with Crippen molar-refractivity contribution in [1.29, 1.82) is 0 Å². The molecule has 2 saturated heterocycles. The average Bonchev–Trinajstić information content (AvgIpc) is 2.92. The zero-order valence-corrected chi connectivity index (χ0v) is 13.8. The summed E-state index contributed by atoms with van der Waals surface area (Å²) in [6.45, 7) is 12.2. The van der Waals surface area contributed by atoms with E-state index >= 15 is 0 Å². The van der Waals surface area contributed by atoms with Gasteiger partial charge in [-0.1, -0.05) is 20.8 Å². The molecule has 2 aliphatic rings. The van der Waals surface area contributed by atoms with Crippen molar-refractivity contribution in [3.63, 3.8) is 0 Å². The number of rotatable bonds is 5. The van der Waals surface area contributed by atoms with Crippen LogP contribution in [0.3, 0.4) is 0 Å². The minimum absolute atomic E-state index is 0.262. The van der Waals surface area contributed by atoms with E-state index in [0.717, 1.165) is 52.2 Å². The Morgan fingerprint density at radius 2 is 1.86 bits per heavy atom. The van der Waals surface area contributed by atoms with Gasteiger partial charge >= 0.3 is 0 Å². The van der Waals surface area contributed by atoms with E-state index in [1.807, 2.05) is 0 Å². The molecule has 0 aliphatic carbocycles. The maximum atomic E-state index is 12.9. The Morgan fingerprint density at radius 1 is 1.24 bits per heavy atom. The van der Waals surface area contributed by atoms with Gasteiger partial charge in [-0.15, -0.1) is 0 Å². The van der Waals surface area contributed by atoms with Gasteiger partial charge in [0.25, 0.3) is 0 Å². The Bertz CT molecular complexity index is 343. The monoisotopic (exact) mass is 297 g/mol. The van der Waals surface area contributed by atoms with Crippen LogP contribution in [0.1, 0.15) is 33.6 Å². The van der Waals surface area contributed by atoms with Crippen molar-refractivity contribution in [1.82, 2.24) is 9.80 Å². The fraction of sp³-hybridized carbons (Fsp3) is 0.938. The number of hydrogen-bond acceptors (Lipinski definition) is 4. The van der Waals surface area contributed by atoms with Gasteiger partial charge in [0.2, 0.25) is 5.91 Å². The highest BCUT2D eigenvalue weighted by Gasteiger charge is 2.43. The van der Waals surface area contributed by atoms with Crippen LogP contribution < -0.4 is 5.73 Å². The highest BCUT2D eigenvalue weighted by atomic mass is 16.5. The van der Waals surface area contributed by atoms with Crippen molar-refractivity contribution < 1.29 is 9.53 Å². The molecule has 2 fully saturated rings. The van der Waals surface area contributed by atoms with Gasteiger partial charge in [-0.05, 0) is 18.8 Å². The zero-order chi connectivity index (χ0) is 15.5. The molecule has 0 saturated carbocycles. The normalized spacial score (nSPS) is 28.1. The van der Waals surface area contributed by atoms with Crippen molar-refractivity contribution in [2.24, 2.45) is 17.1 Å². The van der Waals surface area contributed by atoms with E-state index < -0.39 is 0 Å². The third-order valence-corrected chi connectivity index (χ3v) is 5.57. The zero-order valence-electron chi connectivity index (χ0n) is 13.8. The number of morpholine rings is 1. The average molecular weight is 297 g/mol. The SMILES string of the molecule is CCC(CC)(CN)C(=O)N1CC(C)C(N2CCOCC2)C1. The van der Waals surface area contributed by atoms with Gasteiger partial charge in [0, 0.05) is 38.8 Å². The lowest BCUT2D eigenvalue weighted by atomic mass is 9.81. The molecule has 2 N–H and O–H groups in total. The molecule has 0 aromatic carbocycles. The van der Waals surface area contributed by atoms with E-state index in [0.29, 0.717) is 18.5 Å². The van der Waals surface area contributed by atoms with Crippen LogP contribution in [0.4, 0.5) is 0 Å². The first kappa shape index (κ1) is 16.7. The van der Waals surface area contributed by atoms with Crippen LogP contribution in [0.25, 0.3) is 0 Å². The number of hydrogen-bond donors (Lipinski definition) is 1. The standard InChI is InChI=1S/C16H31N3O2/c1-4-16(5-2,12-17)15(20)19-10-13(3)14(11-19)18-6-8-21-9-7-18/h13-14H,4-12,17H2,1-3H3. The van der Waals surface area contributed by atoms with E-state index in [2.05, 4.69) is 30.6 Å². The molecule has 2 unspecified atom stereocenters. The number of nitrogens with zero attached hydrogens (tertiary/aromatic N) is 2. The van der Waals surface area contributed by atoms with Crippen LogP contribution in [-0.4, -0.2) is 67.7 Å². The maximum Gasteiger partial charge on any atom is 0.230 e. The molecule has 2 aliphatic heterocycles. The molecule has 2 atom stereocenters. The second-order valence-electron chi connectivity index (χ2n) is 6.59. The molecule has 5 heteroatoms. The highest BCUT2D eigenvalue weighted by Crippen LogP contribution is 2.32. The van der Waals surface area contributed by atoms with Crippen molar-refractivity contribution in [3.05, 3.63) is 0 Å². The van der Waals surface area contributed by atoms with Gasteiger partial charge in [-0.3, -0.25) is 9.69 Å². The van der Waals surface area contributed by atoms with Crippen LogP contribution in [0.5, 0.6) is 0 Å². The van der Waals surface area contributed by atoms with Gasteiger partial charge in [0.1, 0.15) is 0 Å². The van der Waals surface area contributed by atoms with Gasteiger partial charge in [-0.2, -0.15) is 0 Å². The number of carbonyl (C=O) groups excluding carboxylic acids is 1. The molecule has 0 bridgehead atoms. The summed E-state index contributed by atoms with van der Waals surface area (Å²) in [7, 11) is 0. The number of amides is 1. The summed E-state index contributed by atoms with van der Waals surface area (Å²) in [6, 6.07) is 0.474. The van der Waals surface area contributed by atoms with Crippen LogP contribution in [0.15, 0.2) is 0 Å². The Kier molecular flexibility index (Phi) is 5.63. The predicted octanol–water partition coefficient (Wildman–Crippen LogP) is 0.931. The smallest absolute Gasteiger partial charge is 0.230 e. The molecule has 2 rings (SSSR count). The molecule has 5 nitrogen and oxygen atoms in total. The summed E-state index contributed by atoms with van der Waals surface area (Å²) < 4.78 is 5.44. The van der Waals surface area contributed by atoms with Gasteiger partial charge in [0.15, 0.2) is 0 Å². The van der Waals surface area contributed by atoms with Crippen LogP contribution in [0, 0.1) is 11.3 Å². The predicted molar refractivity (Wildman–Crippen MR) is 84.0 cm³/mol. The van der Waals surface area contributed by atoms with Crippen molar-refractivity contribution in [3.8, 4) is 0 Å². The Hall–Kier alpha value is -0.650. The first-order valence-electron chi connectivity index (χ1n) is 8.39. The molecule has 0 aromatic rings. The van der Waals surface area contributed by atoms with Gasteiger partial charge in [0.05, 0.1) is 18.6 Å². The van der Waals surface area contributed by atoms with E-state index in [4.69, 9.17) is 10.5 Å². The van der Waals surface area contributed by atoms with Gasteiger partial charge in [-0.25, -0.2) is 0 Å². The Labute approximate surface area is 128 Å². The lowest BCUT2D eigenvalue weighted by Crippen LogP contribution is -2.49. The third kappa shape index (κ3) is 3.25. The molecular weight excluding hydrogens is 266 g/mol. The third-order valence-electron chi connectivity index (χ3n) is 5.57. The van der Waals surface area contributed by atoms with Crippen LogP contribution in [0.2, 0.25) is 0 Å². The first-order chi connectivity index (χ1) is 10.1. The first-order valence-corrected chi connectivity index (χ1v) is 8.39. The topological polar surface area (TPSA) is 58.8 Å². The minimum atomic E-state index is -0.361. The number of likely N-dealkylation sites (tertiary alicyclic amines) is 1. The molecular formula is C16H31N3O2. The minimum Gasteiger partial charge on any atom is -0.379 e. The quantitative estimate of drug-likeness (QED) is 0.820. The summed E-state index contributed by atoms with van der Waals surface area (Å²) in [5.41, 5.74) is 5.57. The second-order valence-corrected chi connectivity index (χ2v) is 6.59. The highest BCUT2D eigenvalue weighted by molar-refractivity contribution is 5.83. The summed E-state index contributed by atoms with van der Waals surface area (Å²) in [5, 5.41) is 0. The molecule has 21 heavy (non-hydrogen) atoms. The van der Waals surface area contributed by atoms with Crippen molar-refractivity contribution >= 4 is 5.91 Å². The van der Waals surface area contributed by atoms with Gasteiger partial charge < -0.3 is 15.4 Å². The Balaban J connectivity index is 2.04. The molecule has 2 heterocycles.